The van der Waals surface area contributed by atoms with Gasteiger partial charge in [-0.1, -0.05) is 11.6 Å². The number of methoxy groups -OCH3 is 1. The van der Waals surface area contributed by atoms with Gasteiger partial charge in [-0.15, -0.1) is 12.4 Å². The number of carbonyl (C=O) groups excluding carboxylic acids is 1. The summed E-state index contributed by atoms with van der Waals surface area (Å²) in [6, 6.07) is 4.79. The van der Waals surface area contributed by atoms with E-state index in [2.05, 4.69) is 10.0 Å². The van der Waals surface area contributed by atoms with E-state index in [0.29, 0.717) is 0 Å². The summed E-state index contributed by atoms with van der Waals surface area (Å²) in [6.45, 7) is 4.59. The van der Waals surface area contributed by atoms with Gasteiger partial charge in [0.15, 0.2) is 0 Å². The first-order valence-electron chi connectivity index (χ1n) is 7.28. The fourth-order valence-electron chi connectivity index (χ4n) is 2.67. The molecule has 2 N–H and O–H groups in total. The van der Waals surface area contributed by atoms with E-state index in [-0.39, 0.29) is 34.9 Å². The average Bonchev–Trinajstić information content (AvgIpc) is 2.45. The van der Waals surface area contributed by atoms with Crippen molar-refractivity contribution in [2.24, 2.45) is 0 Å². The topological polar surface area (TPSA) is 84.5 Å². The van der Waals surface area contributed by atoms with Gasteiger partial charge in [0, 0.05) is 12.1 Å². The van der Waals surface area contributed by atoms with E-state index in [1.54, 1.807) is 13.0 Å². The van der Waals surface area contributed by atoms with Crippen LogP contribution in [0.2, 0.25) is 0 Å². The number of rotatable bonds is 4. The van der Waals surface area contributed by atoms with Gasteiger partial charge in [0.05, 0.1) is 17.6 Å². The summed E-state index contributed by atoms with van der Waals surface area (Å²) in [7, 11) is -2.53. The molecule has 2 rings (SSSR count). The van der Waals surface area contributed by atoms with Crippen molar-refractivity contribution < 1.29 is 17.9 Å². The minimum atomic E-state index is -3.76. The van der Waals surface area contributed by atoms with Crippen molar-refractivity contribution in [2.45, 2.75) is 43.7 Å². The summed E-state index contributed by atoms with van der Waals surface area (Å²) in [5.41, 5.74) is 0.867. The van der Waals surface area contributed by atoms with Crippen molar-refractivity contribution in [1.82, 2.24) is 10.0 Å². The Kier molecular flexibility index (Phi) is 7.01. The zero-order valence-corrected chi connectivity index (χ0v) is 15.1. The van der Waals surface area contributed by atoms with Gasteiger partial charge in [0.2, 0.25) is 10.0 Å². The highest BCUT2D eigenvalue weighted by Gasteiger charge is 2.28. The van der Waals surface area contributed by atoms with Crippen LogP contribution in [0.25, 0.3) is 0 Å². The molecule has 6 nitrogen and oxygen atoms in total. The summed E-state index contributed by atoms with van der Waals surface area (Å²) < 4.78 is 32.6. The molecule has 8 heteroatoms. The van der Waals surface area contributed by atoms with E-state index in [0.717, 1.165) is 24.9 Å². The number of aryl methyl sites for hydroxylation is 1. The number of ether oxygens (including phenoxy) is 1. The van der Waals surface area contributed by atoms with Crippen molar-refractivity contribution in [1.29, 1.82) is 0 Å². The third-order valence-electron chi connectivity index (χ3n) is 3.78. The molecule has 0 amide bonds. The Morgan fingerprint density at radius 3 is 2.70 bits per heavy atom. The summed E-state index contributed by atoms with van der Waals surface area (Å²) in [5, 5.41) is 3.27. The predicted molar refractivity (Wildman–Crippen MR) is 90.6 cm³/mol. The van der Waals surface area contributed by atoms with E-state index < -0.39 is 16.0 Å². The Hall–Kier alpha value is -1.15. The maximum absolute atomic E-state index is 12.6. The van der Waals surface area contributed by atoms with Crippen LogP contribution in [0.15, 0.2) is 23.1 Å². The highest BCUT2D eigenvalue weighted by atomic mass is 35.5. The zero-order valence-electron chi connectivity index (χ0n) is 13.5. The smallest absolute Gasteiger partial charge is 0.339 e. The summed E-state index contributed by atoms with van der Waals surface area (Å²) >= 11 is 0. The molecule has 0 radical (unpaired) electrons. The van der Waals surface area contributed by atoms with Gasteiger partial charge in [-0.05, 0) is 45.4 Å². The van der Waals surface area contributed by atoms with Crippen LogP contribution in [-0.2, 0) is 14.8 Å². The van der Waals surface area contributed by atoms with Crippen molar-refractivity contribution in [3.8, 4) is 0 Å². The van der Waals surface area contributed by atoms with E-state index in [4.69, 9.17) is 4.74 Å². The molecule has 23 heavy (non-hydrogen) atoms. The Morgan fingerprint density at radius 1 is 1.39 bits per heavy atom. The number of piperidine rings is 1. The number of hydrogen-bond donors (Lipinski definition) is 2. The third-order valence-corrected chi connectivity index (χ3v) is 5.35. The lowest BCUT2D eigenvalue weighted by Crippen LogP contribution is -2.46. The first-order valence-corrected chi connectivity index (χ1v) is 8.76. The predicted octanol–water partition coefficient (Wildman–Crippen LogP) is 1.62. The summed E-state index contributed by atoms with van der Waals surface area (Å²) in [5.74, 6) is -0.650. The molecule has 0 bridgehead atoms. The quantitative estimate of drug-likeness (QED) is 0.795. The molecule has 0 saturated carbocycles. The van der Waals surface area contributed by atoms with Crippen molar-refractivity contribution in [2.75, 3.05) is 13.7 Å². The van der Waals surface area contributed by atoms with Gasteiger partial charge in [-0.2, -0.15) is 0 Å². The molecule has 1 aliphatic heterocycles. The van der Waals surface area contributed by atoms with Crippen molar-refractivity contribution >= 4 is 28.4 Å². The van der Waals surface area contributed by atoms with E-state index in [1.165, 1.54) is 19.2 Å². The molecule has 2 atom stereocenters. The minimum absolute atomic E-state index is 0. The Labute approximate surface area is 143 Å². The fourth-order valence-corrected chi connectivity index (χ4v) is 4.13. The molecular weight excluding hydrogens is 340 g/mol. The molecule has 0 aliphatic carbocycles. The number of carbonyl (C=O) groups is 1. The molecule has 1 heterocycles. The molecule has 1 aromatic carbocycles. The van der Waals surface area contributed by atoms with Crippen LogP contribution >= 0.6 is 12.4 Å². The van der Waals surface area contributed by atoms with E-state index in [9.17, 15) is 13.2 Å². The normalized spacial score (nSPS) is 21.3. The molecular formula is C15H23ClN2O4S. The molecule has 1 aliphatic rings. The lowest BCUT2D eigenvalue weighted by Gasteiger charge is -2.28. The number of benzene rings is 1. The Morgan fingerprint density at radius 2 is 2.09 bits per heavy atom. The van der Waals surface area contributed by atoms with Gasteiger partial charge >= 0.3 is 5.97 Å². The van der Waals surface area contributed by atoms with Gasteiger partial charge in [0.1, 0.15) is 0 Å². The van der Waals surface area contributed by atoms with Crippen LogP contribution in [0, 0.1) is 6.92 Å². The maximum atomic E-state index is 12.6. The fraction of sp³-hybridized carbons (Fsp3) is 0.533. The molecule has 2 unspecified atom stereocenters. The highest BCUT2D eigenvalue weighted by molar-refractivity contribution is 7.89. The van der Waals surface area contributed by atoms with Crippen molar-refractivity contribution in [3.63, 3.8) is 0 Å². The lowest BCUT2D eigenvalue weighted by atomic mass is 10.0. The summed E-state index contributed by atoms with van der Waals surface area (Å²) in [6.07, 6.45) is 1.45. The molecule has 0 aromatic heterocycles. The third kappa shape index (κ3) is 4.91. The first-order chi connectivity index (χ1) is 10.3. The van der Waals surface area contributed by atoms with Gasteiger partial charge in [-0.25, -0.2) is 17.9 Å². The van der Waals surface area contributed by atoms with Crippen molar-refractivity contribution in [3.05, 3.63) is 29.3 Å². The standard InChI is InChI=1S/C15H22N2O4S.ClH/c1-10-4-5-14(13(8-10)15(18)21-3)22(19,20)17-12-6-7-16-11(2)9-12;/h4-5,8,11-12,16-17H,6-7,9H2,1-3H3;1H. The zero-order chi connectivity index (χ0) is 16.3. The Bertz CT molecular complexity index is 663. The molecule has 1 saturated heterocycles. The second-order valence-corrected chi connectivity index (χ2v) is 7.37. The minimum Gasteiger partial charge on any atom is -0.465 e. The second kappa shape index (κ2) is 8.10. The number of sulfonamides is 1. The van der Waals surface area contributed by atoms with Crippen LogP contribution in [0.3, 0.4) is 0 Å². The van der Waals surface area contributed by atoms with Gasteiger partial charge in [0.25, 0.3) is 0 Å². The van der Waals surface area contributed by atoms with E-state index >= 15 is 0 Å². The maximum Gasteiger partial charge on any atom is 0.339 e. The van der Waals surface area contributed by atoms with Crippen LogP contribution in [0.1, 0.15) is 35.7 Å². The monoisotopic (exact) mass is 362 g/mol. The number of halogens is 1. The number of nitrogens with one attached hydrogen (secondary N) is 2. The van der Waals surface area contributed by atoms with Crippen LogP contribution in [-0.4, -0.2) is 40.1 Å². The average molecular weight is 363 g/mol. The van der Waals surface area contributed by atoms with Crippen LogP contribution in [0.4, 0.5) is 0 Å². The van der Waals surface area contributed by atoms with E-state index in [1.807, 2.05) is 6.92 Å². The number of hydrogen-bond acceptors (Lipinski definition) is 5. The lowest BCUT2D eigenvalue weighted by molar-refractivity contribution is 0.0596. The second-order valence-electron chi connectivity index (χ2n) is 5.69. The largest absolute Gasteiger partial charge is 0.465 e. The molecule has 130 valence electrons. The number of esters is 1. The molecule has 1 fully saturated rings. The summed E-state index contributed by atoms with van der Waals surface area (Å²) in [4.78, 5) is 11.8. The SMILES string of the molecule is COC(=O)c1cc(C)ccc1S(=O)(=O)NC1CCNC(C)C1.Cl. The van der Waals surface area contributed by atoms with Crippen LogP contribution < -0.4 is 10.0 Å². The molecule has 1 aromatic rings. The van der Waals surface area contributed by atoms with Gasteiger partial charge < -0.3 is 10.1 Å². The highest BCUT2D eigenvalue weighted by Crippen LogP contribution is 2.20. The first kappa shape index (κ1) is 19.9. The van der Waals surface area contributed by atoms with Gasteiger partial charge in [-0.3, -0.25) is 0 Å². The Balaban J connectivity index is 0.00000264. The van der Waals surface area contributed by atoms with Crippen LogP contribution in [0.5, 0.6) is 0 Å². The molecule has 0 spiro atoms.